The number of hydrogen-bond acceptors (Lipinski definition) is 2. The summed E-state index contributed by atoms with van der Waals surface area (Å²) < 4.78 is 4.58. The van der Waals surface area contributed by atoms with Crippen LogP contribution in [0.2, 0.25) is 0 Å². The first-order chi connectivity index (χ1) is 4.31. The molecule has 0 amide bonds. The highest BCUT2D eigenvalue weighted by Crippen LogP contribution is 1.88. The highest BCUT2D eigenvalue weighted by molar-refractivity contribution is 5.82. The lowest BCUT2D eigenvalue weighted by Crippen LogP contribution is -1.95. The maximum atomic E-state index is 10.5. The Balaban J connectivity index is 3.27. The van der Waals surface area contributed by atoms with Crippen LogP contribution in [0.3, 0.4) is 0 Å². The molecule has 0 N–H and O–H groups in total. The van der Waals surface area contributed by atoms with E-state index in [2.05, 4.69) is 4.74 Å². The third-order valence-electron chi connectivity index (χ3n) is 0.669. The second kappa shape index (κ2) is 5.35. The van der Waals surface area contributed by atoms with Gasteiger partial charge in [0.25, 0.3) is 0 Å². The van der Waals surface area contributed by atoms with E-state index in [0.29, 0.717) is 0 Å². The van der Waals surface area contributed by atoms with E-state index < -0.39 is 0 Å². The molecule has 0 aromatic carbocycles. The molecule has 1 radical (unpaired) electrons. The van der Waals surface area contributed by atoms with Crippen LogP contribution in [0.15, 0.2) is 12.2 Å². The number of hydrogen-bond donors (Lipinski definition) is 0. The van der Waals surface area contributed by atoms with E-state index in [1.165, 1.54) is 12.7 Å². The van der Waals surface area contributed by atoms with E-state index in [-0.39, 0.29) is 5.97 Å². The van der Waals surface area contributed by atoms with Gasteiger partial charge in [-0.05, 0) is 13.3 Å². The van der Waals surface area contributed by atoms with Crippen LogP contribution in [0.1, 0.15) is 20.3 Å². The van der Waals surface area contributed by atoms with Crippen molar-refractivity contribution in [1.82, 2.24) is 0 Å². The molecule has 0 aliphatic heterocycles. The molecule has 9 heavy (non-hydrogen) atoms. The highest BCUT2D eigenvalue weighted by atomic mass is 16.5. The normalized spacial score (nSPS) is 10.0. The third kappa shape index (κ3) is 5.07. The molecule has 0 aliphatic carbocycles. The predicted octanol–water partition coefficient (Wildman–Crippen LogP) is 1.68. The Morgan fingerprint density at radius 1 is 1.67 bits per heavy atom. The van der Waals surface area contributed by atoms with Gasteiger partial charge in [-0.1, -0.05) is 13.0 Å². The molecule has 0 heterocycles. The molecule has 0 aromatic rings. The molecule has 0 atom stereocenters. The summed E-state index contributed by atoms with van der Waals surface area (Å²) >= 11 is 0. The Hall–Kier alpha value is -0.790. The van der Waals surface area contributed by atoms with Crippen LogP contribution in [-0.4, -0.2) is 5.97 Å². The topological polar surface area (TPSA) is 26.3 Å². The Morgan fingerprint density at radius 3 is 2.78 bits per heavy atom. The number of carbonyl (C=O) groups excluding carboxylic acids is 1. The van der Waals surface area contributed by atoms with Crippen LogP contribution in [0.4, 0.5) is 0 Å². The number of carbonyl (C=O) groups is 1. The van der Waals surface area contributed by atoms with E-state index in [4.69, 9.17) is 0 Å². The van der Waals surface area contributed by atoms with Crippen molar-refractivity contribution in [3.63, 3.8) is 0 Å². The third-order valence-corrected chi connectivity index (χ3v) is 0.669. The molecule has 0 fully saturated rings. The van der Waals surface area contributed by atoms with Crippen molar-refractivity contribution < 1.29 is 9.53 Å². The van der Waals surface area contributed by atoms with Crippen molar-refractivity contribution in [2.75, 3.05) is 0 Å². The minimum Gasteiger partial charge on any atom is -0.455 e. The molecule has 2 heteroatoms. The fourth-order valence-electron chi connectivity index (χ4n) is 0.341. The summed E-state index contributed by atoms with van der Waals surface area (Å²) in [6.45, 7) is 5.15. The summed E-state index contributed by atoms with van der Waals surface area (Å²) in [5, 5.41) is 0. The van der Waals surface area contributed by atoms with Crippen molar-refractivity contribution in [2.24, 2.45) is 0 Å². The molecule has 0 aliphatic rings. The van der Waals surface area contributed by atoms with Crippen molar-refractivity contribution in [2.45, 2.75) is 20.3 Å². The molecule has 0 saturated heterocycles. The number of allylic oxidation sites excluding steroid dienone is 1. The van der Waals surface area contributed by atoms with Crippen LogP contribution in [0.25, 0.3) is 0 Å². The Morgan fingerprint density at radius 2 is 2.33 bits per heavy atom. The van der Waals surface area contributed by atoms with Crippen molar-refractivity contribution in [3.8, 4) is 0 Å². The van der Waals surface area contributed by atoms with E-state index >= 15 is 0 Å². The molecular weight excluding hydrogens is 116 g/mol. The van der Waals surface area contributed by atoms with Gasteiger partial charge in [-0.15, -0.1) is 0 Å². The van der Waals surface area contributed by atoms with E-state index in [1.54, 1.807) is 13.0 Å². The van der Waals surface area contributed by atoms with Gasteiger partial charge in [0.05, 0.1) is 0 Å². The average Bonchev–Trinajstić information content (AvgIpc) is 1.85. The molecule has 0 spiro atoms. The first-order valence-electron chi connectivity index (χ1n) is 2.96. The van der Waals surface area contributed by atoms with E-state index in [9.17, 15) is 4.79 Å². The average molecular weight is 127 g/mol. The van der Waals surface area contributed by atoms with Crippen LogP contribution in [0.5, 0.6) is 0 Å². The summed E-state index contributed by atoms with van der Waals surface area (Å²) in [7, 11) is 0. The van der Waals surface area contributed by atoms with Crippen LogP contribution in [-0.2, 0) is 9.53 Å². The lowest BCUT2D eigenvalue weighted by molar-refractivity contribution is -0.134. The summed E-state index contributed by atoms with van der Waals surface area (Å²) in [6.07, 6.45) is 3.78. The molecule has 0 bridgehead atoms. The Bertz CT molecular complexity index is 105. The first kappa shape index (κ1) is 8.21. The number of ether oxygens (including phenoxy) is 1. The monoisotopic (exact) mass is 127 g/mol. The van der Waals surface area contributed by atoms with Gasteiger partial charge < -0.3 is 4.74 Å². The molecule has 51 valence electrons. The van der Waals surface area contributed by atoms with Gasteiger partial charge in [-0.3, -0.25) is 0 Å². The smallest absolute Gasteiger partial charge is 0.330 e. The highest BCUT2D eigenvalue weighted by Gasteiger charge is 1.91. The number of rotatable bonds is 3. The summed E-state index contributed by atoms with van der Waals surface area (Å²) in [4.78, 5) is 10.5. The zero-order chi connectivity index (χ0) is 7.11. The first-order valence-corrected chi connectivity index (χ1v) is 2.96. The molecule has 2 nitrogen and oxygen atoms in total. The SMILES string of the molecule is CC=CC(=O)O[CH]CC. The van der Waals surface area contributed by atoms with Gasteiger partial charge in [0.15, 0.2) is 0 Å². The Labute approximate surface area is 55.5 Å². The number of esters is 1. The van der Waals surface area contributed by atoms with Crippen LogP contribution < -0.4 is 0 Å². The second-order valence-corrected chi connectivity index (χ2v) is 1.51. The molecule has 0 unspecified atom stereocenters. The summed E-state index contributed by atoms with van der Waals surface area (Å²) in [5.74, 6) is -0.306. The van der Waals surface area contributed by atoms with E-state index in [1.807, 2.05) is 6.92 Å². The molecule has 0 rings (SSSR count). The maximum absolute atomic E-state index is 10.5. The van der Waals surface area contributed by atoms with Gasteiger partial charge in [0.1, 0.15) is 6.61 Å². The molecule has 0 aromatic heterocycles. The lowest BCUT2D eigenvalue weighted by Gasteiger charge is -1.94. The molecular formula is C7H11O2. The Kier molecular flexibility index (Phi) is 4.88. The second-order valence-electron chi connectivity index (χ2n) is 1.51. The fourth-order valence-corrected chi connectivity index (χ4v) is 0.341. The maximum Gasteiger partial charge on any atom is 0.330 e. The van der Waals surface area contributed by atoms with Crippen molar-refractivity contribution in [3.05, 3.63) is 18.8 Å². The minimum atomic E-state index is -0.306. The minimum absolute atomic E-state index is 0.306. The van der Waals surface area contributed by atoms with Crippen molar-refractivity contribution >= 4 is 5.97 Å². The molecule has 0 saturated carbocycles. The van der Waals surface area contributed by atoms with Crippen molar-refractivity contribution in [1.29, 1.82) is 0 Å². The van der Waals surface area contributed by atoms with Gasteiger partial charge in [0, 0.05) is 6.08 Å². The fraction of sp³-hybridized carbons (Fsp3) is 0.429. The van der Waals surface area contributed by atoms with Gasteiger partial charge >= 0.3 is 5.97 Å². The van der Waals surface area contributed by atoms with Crippen LogP contribution in [0, 0.1) is 6.61 Å². The van der Waals surface area contributed by atoms with Gasteiger partial charge in [-0.2, -0.15) is 0 Å². The van der Waals surface area contributed by atoms with E-state index in [0.717, 1.165) is 6.42 Å². The standard InChI is InChI=1S/C7H11O2/c1-3-5-7(8)9-6-4-2/h3,5-6H,4H2,1-2H3. The summed E-state index contributed by atoms with van der Waals surface area (Å²) in [6, 6.07) is 0. The summed E-state index contributed by atoms with van der Waals surface area (Å²) in [5.41, 5.74) is 0. The quantitative estimate of drug-likeness (QED) is 0.426. The van der Waals surface area contributed by atoms with Gasteiger partial charge in [-0.25, -0.2) is 4.79 Å². The lowest BCUT2D eigenvalue weighted by atomic mass is 10.5. The zero-order valence-electron chi connectivity index (χ0n) is 5.76. The largest absolute Gasteiger partial charge is 0.455 e. The zero-order valence-corrected chi connectivity index (χ0v) is 5.76. The van der Waals surface area contributed by atoms with Crippen LogP contribution >= 0.6 is 0 Å². The predicted molar refractivity (Wildman–Crippen MR) is 35.5 cm³/mol. The van der Waals surface area contributed by atoms with Gasteiger partial charge in [0.2, 0.25) is 0 Å².